The van der Waals surface area contributed by atoms with Gasteiger partial charge in [0, 0.05) is 39.1 Å². The van der Waals surface area contributed by atoms with Gasteiger partial charge in [-0.3, -0.25) is 4.90 Å². The minimum Gasteiger partial charge on any atom is -0.300 e. The van der Waals surface area contributed by atoms with Gasteiger partial charge in [0.1, 0.15) is 5.82 Å². The third-order valence-corrected chi connectivity index (χ3v) is 5.58. The Morgan fingerprint density at radius 2 is 1.95 bits per heavy atom. The molecule has 1 saturated heterocycles. The third kappa shape index (κ3) is 3.71. The van der Waals surface area contributed by atoms with Crippen LogP contribution in [0.2, 0.25) is 5.02 Å². The summed E-state index contributed by atoms with van der Waals surface area (Å²) in [6, 6.07) is 5.48. The number of rotatable bonds is 4. The zero-order valence-electron chi connectivity index (χ0n) is 11.3. The first-order valence-corrected chi connectivity index (χ1v) is 8.31. The second kappa shape index (κ2) is 6.71. The molecule has 0 aliphatic carbocycles. The van der Waals surface area contributed by atoms with Gasteiger partial charge in [-0.2, -0.15) is 9.57 Å². The molecule has 1 aromatic carbocycles. The van der Waals surface area contributed by atoms with E-state index >= 15 is 0 Å². The molecule has 5 nitrogen and oxygen atoms in total. The fraction of sp³-hybridized carbons (Fsp3) is 0.462. The van der Waals surface area contributed by atoms with E-state index in [-0.39, 0.29) is 9.92 Å². The van der Waals surface area contributed by atoms with E-state index in [0.717, 1.165) is 12.1 Å². The molecule has 0 atom stereocenters. The van der Waals surface area contributed by atoms with Gasteiger partial charge in [0.05, 0.1) is 16.0 Å². The molecule has 0 amide bonds. The van der Waals surface area contributed by atoms with Gasteiger partial charge in [-0.05, 0) is 18.2 Å². The molecule has 1 aliphatic rings. The van der Waals surface area contributed by atoms with Crippen LogP contribution in [-0.2, 0) is 10.0 Å². The summed E-state index contributed by atoms with van der Waals surface area (Å²) in [5.41, 5.74) is 0. The van der Waals surface area contributed by atoms with E-state index in [2.05, 4.69) is 6.07 Å². The minimum atomic E-state index is -3.65. The van der Waals surface area contributed by atoms with E-state index in [1.807, 2.05) is 4.90 Å². The number of hydrogen-bond donors (Lipinski definition) is 0. The minimum absolute atomic E-state index is 0.000579. The second-order valence-electron chi connectivity index (χ2n) is 4.73. The number of nitriles is 1. The lowest BCUT2D eigenvalue weighted by molar-refractivity contribution is 0.191. The predicted octanol–water partition coefficient (Wildman–Crippen LogP) is 1.70. The Balaban J connectivity index is 2.08. The summed E-state index contributed by atoms with van der Waals surface area (Å²) in [6.07, 6.45) is 0.431. The second-order valence-corrected chi connectivity index (χ2v) is 7.07. The van der Waals surface area contributed by atoms with Crippen molar-refractivity contribution in [2.75, 3.05) is 32.7 Å². The fourth-order valence-corrected chi connectivity index (χ4v) is 3.88. The van der Waals surface area contributed by atoms with Crippen LogP contribution in [0.3, 0.4) is 0 Å². The van der Waals surface area contributed by atoms with Crippen LogP contribution in [0.4, 0.5) is 4.39 Å². The zero-order chi connectivity index (χ0) is 15.5. The van der Waals surface area contributed by atoms with Crippen LogP contribution in [0, 0.1) is 17.1 Å². The van der Waals surface area contributed by atoms with Crippen molar-refractivity contribution < 1.29 is 12.8 Å². The lowest BCUT2D eigenvalue weighted by atomic mass is 10.3. The lowest BCUT2D eigenvalue weighted by Crippen LogP contribution is -2.48. The fourth-order valence-electron chi connectivity index (χ4n) is 2.19. The van der Waals surface area contributed by atoms with E-state index in [4.69, 9.17) is 16.9 Å². The molecule has 2 rings (SSSR count). The van der Waals surface area contributed by atoms with E-state index in [1.54, 1.807) is 0 Å². The summed E-state index contributed by atoms with van der Waals surface area (Å²) in [7, 11) is -3.65. The Morgan fingerprint density at radius 3 is 2.52 bits per heavy atom. The van der Waals surface area contributed by atoms with Crippen LogP contribution in [0.5, 0.6) is 0 Å². The third-order valence-electron chi connectivity index (χ3n) is 3.40. The van der Waals surface area contributed by atoms with Crippen LogP contribution in [0.1, 0.15) is 6.42 Å². The van der Waals surface area contributed by atoms with Gasteiger partial charge in [0.2, 0.25) is 10.0 Å². The summed E-state index contributed by atoms with van der Waals surface area (Å²) in [5, 5.41) is 8.34. The largest absolute Gasteiger partial charge is 0.300 e. The number of piperazine rings is 1. The monoisotopic (exact) mass is 331 g/mol. The van der Waals surface area contributed by atoms with Crippen molar-refractivity contribution in [3.8, 4) is 6.07 Å². The van der Waals surface area contributed by atoms with Gasteiger partial charge in [-0.25, -0.2) is 12.8 Å². The summed E-state index contributed by atoms with van der Waals surface area (Å²) in [5.74, 6) is -0.642. The van der Waals surface area contributed by atoms with Crippen LogP contribution in [0.15, 0.2) is 23.1 Å². The van der Waals surface area contributed by atoms with Gasteiger partial charge >= 0.3 is 0 Å². The SMILES string of the molecule is N#CCCN1CCN(S(=O)(=O)c2ccc(F)c(Cl)c2)CC1. The molecule has 1 aliphatic heterocycles. The highest BCUT2D eigenvalue weighted by Gasteiger charge is 2.28. The summed E-state index contributed by atoms with van der Waals surface area (Å²) < 4.78 is 39.4. The van der Waals surface area contributed by atoms with Gasteiger partial charge in [-0.15, -0.1) is 0 Å². The first kappa shape index (κ1) is 16.2. The summed E-state index contributed by atoms with van der Waals surface area (Å²) in [6.45, 7) is 2.50. The van der Waals surface area contributed by atoms with Gasteiger partial charge < -0.3 is 0 Å². The Labute approximate surface area is 128 Å². The number of halogens is 2. The molecule has 114 valence electrons. The molecule has 0 saturated carbocycles. The Hall–Kier alpha value is -1.20. The van der Waals surface area contributed by atoms with E-state index in [9.17, 15) is 12.8 Å². The van der Waals surface area contributed by atoms with Crippen LogP contribution in [0.25, 0.3) is 0 Å². The van der Waals surface area contributed by atoms with Gasteiger partial charge in [0.25, 0.3) is 0 Å². The molecule has 0 unspecified atom stereocenters. The highest BCUT2D eigenvalue weighted by molar-refractivity contribution is 7.89. The van der Waals surface area contributed by atoms with Crippen LogP contribution >= 0.6 is 11.6 Å². The maximum atomic E-state index is 13.1. The number of nitrogens with zero attached hydrogens (tertiary/aromatic N) is 3. The van der Waals surface area contributed by atoms with Crippen LogP contribution in [-0.4, -0.2) is 50.3 Å². The summed E-state index contributed by atoms with van der Waals surface area (Å²) in [4.78, 5) is 2.05. The summed E-state index contributed by atoms with van der Waals surface area (Å²) >= 11 is 5.64. The Kier molecular flexibility index (Phi) is 5.17. The van der Waals surface area contributed by atoms with Crippen molar-refractivity contribution in [2.24, 2.45) is 0 Å². The first-order valence-electron chi connectivity index (χ1n) is 6.49. The average Bonchev–Trinajstić information content (AvgIpc) is 2.48. The smallest absolute Gasteiger partial charge is 0.243 e. The topological polar surface area (TPSA) is 64.4 Å². The highest BCUT2D eigenvalue weighted by Crippen LogP contribution is 2.23. The average molecular weight is 332 g/mol. The molecule has 0 spiro atoms. The van der Waals surface area contributed by atoms with Crippen molar-refractivity contribution in [3.05, 3.63) is 29.0 Å². The molecule has 1 fully saturated rings. The van der Waals surface area contributed by atoms with Crippen LogP contribution < -0.4 is 0 Å². The number of hydrogen-bond acceptors (Lipinski definition) is 4. The molecule has 1 heterocycles. The van der Waals surface area contributed by atoms with Gasteiger partial charge in [0.15, 0.2) is 0 Å². The van der Waals surface area contributed by atoms with E-state index < -0.39 is 15.8 Å². The molecular formula is C13H15ClFN3O2S. The van der Waals surface area contributed by atoms with Crippen molar-refractivity contribution in [2.45, 2.75) is 11.3 Å². The van der Waals surface area contributed by atoms with Crippen molar-refractivity contribution >= 4 is 21.6 Å². The Morgan fingerprint density at radius 1 is 1.29 bits per heavy atom. The normalized spacial score (nSPS) is 17.6. The van der Waals surface area contributed by atoms with E-state index in [1.165, 1.54) is 10.4 Å². The maximum absolute atomic E-state index is 13.1. The molecule has 0 N–H and O–H groups in total. The Bertz CT molecular complexity index is 652. The zero-order valence-corrected chi connectivity index (χ0v) is 12.9. The number of benzene rings is 1. The molecule has 21 heavy (non-hydrogen) atoms. The first-order chi connectivity index (χ1) is 9.95. The van der Waals surface area contributed by atoms with Gasteiger partial charge in [-0.1, -0.05) is 11.6 Å². The molecule has 8 heteroatoms. The molecule has 1 aromatic rings. The van der Waals surface area contributed by atoms with Crippen molar-refractivity contribution in [1.29, 1.82) is 5.26 Å². The van der Waals surface area contributed by atoms with Crippen molar-refractivity contribution in [3.63, 3.8) is 0 Å². The molecule has 0 bridgehead atoms. The maximum Gasteiger partial charge on any atom is 0.243 e. The standard InChI is InChI=1S/C13H15ClFN3O2S/c14-12-10-11(2-3-13(12)15)21(19,20)18-8-6-17(7-9-18)5-1-4-16/h2-3,10H,1,5-9H2. The number of sulfonamides is 1. The van der Waals surface area contributed by atoms with E-state index in [0.29, 0.717) is 39.1 Å². The lowest BCUT2D eigenvalue weighted by Gasteiger charge is -2.33. The highest BCUT2D eigenvalue weighted by atomic mass is 35.5. The van der Waals surface area contributed by atoms with Crippen molar-refractivity contribution in [1.82, 2.24) is 9.21 Å². The predicted molar refractivity (Wildman–Crippen MR) is 76.8 cm³/mol. The quantitative estimate of drug-likeness (QED) is 0.842. The molecular weight excluding hydrogens is 317 g/mol. The molecule has 0 aromatic heterocycles. The molecule has 0 radical (unpaired) electrons.